The Balaban J connectivity index is 1.96. The molecule has 0 radical (unpaired) electrons. The molecule has 0 aliphatic carbocycles. The second-order valence-corrected chi connectivity index (χ2v) is 5.66. The summed E-state index contributed by atoms with van der Waals surface area (Å²) in [4.78, 5) is 16.3. The highest BCUT2D eigenvalue weighted by Gasteiger charge is 2.14. The normalized spacial score (nSPS) is 11.0. The van der Waals surface area contributed by atoms with Crippen molar-refractivity contribution in [3.8, 4) is 5.75 Å². The summed E-state index contributed by atoms with van der Waals surface area (Å²) in [6, 6.07) is 5.25. The molecule has 0 bridgehead atoms. The van der Waals surface area contributed by atoms with Crippen LogP contribution in [0.5, 0.6) is 5.75 Å². The zero-order valence-corrected chi connectivity index (χ0v) is 12.4. The number of hydrogen-bond donors (Lipinski definition) is 1. The number of nitrogens with zero attached hydrogens (tertiary/aromatic N) is 1. The van der Waals surface area contributed by atoms with Gasteiger partial charge in [0, 0.05) is 17.1 Å². The van der Waals surface area contributed by atoms with Gasteiger partial charge in [-0.05, 0) is 32.0 Å². The van der Waals surface area contributed by atoms with Crippen LogP contribution in [-0.4, -0.2) is 17.0 Å². The van der Waals surface area contributed by atoms with Crippen LogP contribution in [0.25, 0.3) is 11.0 Å². The molecular weight excluding hydrogens is 288 g/mol. The van der Waals surface area contributed by atoms with E-state index in [0.29, 0.717) is 22.0 Å². The van der Waals surface area contributed by atoms with Crippen LogP contribution in [0.15, 0.2) is 40.5 Å². The van der Waals surface area contributed by atoms with Gasteiger partial charge in [-0.1, -0.05) is 0 Å². The van der Waals surface area contributed by atoms with Crippen LogP contribution in [-0.2, 0) is 0 Å². The number of hydrogen-bond acceptors (Lipinski definition) is 5. The number of furan rings is 1. The molecule has 0 atom stereocenters. The molecule has 3 rings (SSSR count). The summed E-state index contributed by atoms with van der Waals surface area (Å²) >= 11 is 1.37. The van der Waals surface area contributed by atoms with Gasteiger partial charge in [0.25, 0.3) is 5.91 Å². The summed E-state index contributed by atoms with van der Waals surface area (Å²) < 4.78 is 11.2. The molecule has 3 aromatic rings. The van der Waals surface area contributed by atoms with Crippen LogP contribution < -0.4 is 10.1 Å². The smallest absolute Gasteiger partial charge is 0.257 e. The highest BCUT2D eigenvalue weighted by molar-refractivity contribution is 7.13. The Morgan fingerprint density at radius 3 is 3.00 bits per heavy atom. The van der Waals surface area contributed by atoms with Crippen LogP contribution in [0.4, 0.5) is 5.13 Å². The number of benzene rings is 1. The fourth-order valence-corrected chi connectivity index (χ4v) is 2.50. The lowest BCUT2D eigenvalue weighted by atomic mass is 10.1. The highest BCUT2D eigenvalue weighted by Crippen LogP contribution is 2.30. The van der Waals surface area contributed by atoms with Gasteiger partial charge in [0.15, 0.2) is 5.13 Å². The Morgan fingerprint density at radius 1 is 1.43 bits per heavy atom. The van der Waals surface area contributed by atoms with E-state index in [1.54, 1.807) is 30.0 Å². The summed E-state index contributed by atoms with van der Waals surface area (Å²) in [7, 11) is 0. The van der Waals surface area contributed by atoms with Crippen molar-refractivity contribution < 1.29 is 13.9 Å². The molecule has 1 aromatic carbocycles. The Bertz CT molecular complexity index is 762. The average molecular weight is 302 g/mol. The van der Waals surface area contributed by atoms with E-state index in [0.717, 1.165) is 5.39 Å². The summed E-state index contributed by atoms with van der Waals surface area (Å²) in [5, 5.41) is 5.97. The van der Waals surface area contributed by atoms with Crippen molar-refractivity contribution in [2.45, 2.75) is 20.0 Å². The number of nitrogens with one attached hydrogen (secondary N) is 1. The minimum absolute atomic E-state index is 0.0142. The Morgan fingerprint density at radius 2 is 2.29 bits per heavy atom. The SMILES string of the molecule is CC(C)Oc1cc(C(=O)Nc2nccs2)cc2occc12. The predicted octanol–water partition coefficient (Wildman–Crippen LogP) is 3.93. The van der Waals surface area contributed by atoms with E-state index >= 15 is 0 Å². The first-order valence-corrected chi connectivity index (χ1v) is 7.40. The second kappa shape index (κ2) is 5.57. The topological polar surface area (TPSA) is 64.4 Å². The quantitative estimate of drug-likeness (QED) is 0.793. The standard InChI is InChI=1S/C15H14N2O3S/c1-9(2)20-13-8-10(7-12-11(13)3-5-19-12)14(18)17-15-16-4-6-21-15/h3-9H,1-2H3,(H,16,17,18). The van der Waals surface area contributed by atoms with E-state index in [2.05, 4.69) is 10.3 Å². The zero-order valence-electron chi connectivity index (χ0n) is 11.6. The minimum atomic E-state index is -0.239. The minimum Gasteiger partial charge on any atom is -0.490 e. The average Bonchev–Trinajstić information content (AvgIpc) is 3.08. The first-order chi connectivity index (χ1) is 10.1. The van der Waals surface area contributed by atoms with Crippen LogP contribution in [0.2, 0.25) is 0 Å². The van der Waals surface area contributed by atoms with E-state index in [4.69, 9.17) is 9.15 Å². The maximum Gasteiger partial charge on any atom is 0.257 e. The number of aromatic nitrogens is 1. The molecule has 2 aromatic heterocycles. The van der Waals surface area contributed by atoms with E-state index < -0.39 is 0 Å². The molecule has 0 unspecified atom stereocenters. The van der Waals surface area contributed by atoms with E-state index in [-0.39, 0.29) is 12.0 Å². The maximum atomic E-state index is 12.3. The third kappa shape index (κ3) is 2.90. The first kappa shape index (κ1) is 13.6. The molecule has 0 saturated heterocycles. The number of amides is 1. The van der Waals surface area contributed by atoms with Crippen molar-refractivity contribution in [2.24, 2.45) is 0 Å². The molecule has 0 aliphatic rings. The molecule has 0 saturated carbocycles. The molecule has 5 nitrogen and oxygen atoms in total. The molecule has 6 heteroatoms. The summed E-state index contributed by atoms with van der Waals surface area (Å²) in [6.07, 6.45) is 3.24. The van der Waals surface area contributed by atoms with Gasteiger partial charge in [0.2, 0.25) is 0 Å². The summed E-state index contributed by atoms with van der Waals surface area (Å²) in [6.45, 7) is 3.88. The number of carbonyl (C=O) groups excluding carboxylic acids is 1. The van der Waals surface area contributed by atoms with E-state index in [9.17, 15) is 4.79 Å². The van der Waals surface area contributed by atoms with Gasteiger partial charge < -0.3 is 9.15 Å². The largest absolute Gasteiger partial charge is 0.490 e. The second-order valence-electron chi connectivity index (χ2n) is 4.76. The van der Waals surface area contributed by atoms with Crippen LogP contribution in [0.1, 0.15) is 24.2 Å². The number of ether oxygens (including phenoxy) is 1. The van der Waals surface area contributed by atoms with Crippen LogP contribution in [0.3, 0.4) is 0 Å². The third-order valence-corrected chi connectivity index (χ3v) is 3.50. The number of anilines is 1. The molecule has 1 N–H and O–H groups in total. The zero-order chi connectivity index (χ0) is 14.8. The van der Waals surface area contributed by atoms with Crippen LogP contribution in [0, 0.1) is 0 Å². The van der Waals surface area contributed by atoms with Crippen molar-refractivity contribution in [1.29, 1.82) is 0 Å². The molecule has 0 spiro atoms. The number of carbonyl (C=O) groups is 1. The van der Waals surface area contributed by atoms with E-state index in [1.165, 1.54) is 11.3 Å². The van der Waals surface area contributed by atoms with Crippen LogP contribution >= 0.6 is 11.3 Å². The fourth-order valence-electron chi connectivity index (χ4n) is 1.98. The van der Waals surface area contributed by atoms with Gasteiger partial charge in [-0.2, -0.15) is 0 Å². The van der Waals surface area contributed by atoms with Gasteiger partial charge in [-0.25, -0.2) is 4.98 Å². The Kier molecular flexibility index (Phi) is 3.62. The van der Waals surface area contributed by atoms with E-state index in [1.807, 2.05) is 19.9 Å². The van der Waals surface area contributed by atoms with Gasteiger partial charge in [-0.15, -0.1) is 11.3 Å². The Hall–Kier alpha value is -2.34. The Labute approximate surface area is 125 Å². The van der Waals surface area contributed by atoms with Crippen molar-refractivity contribution in [1.82, 2.24) is 4.98 Å². The molecule has 0 fully saturated rings. The van der Waals surface area contributed by atoms with Gasteiger partial charge >= 0.3 is 0 Å². The summed E-state index contributed by atoms with van der Waals surface area (Å²) in [5.74, 6) is 0.400. The van der Waals surface area contributed by atoms with Gasteiger partial charge in [-0.3, -0.25) is 10.1 Å². The molecule has 1 amide bonds. The number of rotatable bonds is 4. The number of thiazole rings is 1. The van der Waals surface area contributed by atoms with Crippen molar-refractivity contribution in [3.63, 3.8) is 0 Å². The lowest BCUT2D eigenvalue weighted by Gasteiger charge is -2.12. The molecule has 108 valence electrons. The lowest BCUT2D eigenvalue weighted by molar-refractivity contribution is 0.102. The van der Waals surface area contributed by atoms with Gasteiger partial charge in [0.1, 0.15) is 11.3 Å². The van der Waals surface area contributed by atoms with Gasteiger partial charge in [0.05, 0.1) is 17.8 Å². The lowest BCUT2D eigenvalue weighted by Crippen LogP contribution is -2.12. The first-order valence-electron chi connectivity index (χ1n) is 6.52. The monoisotopic (exact) mass is 302 g/mol. The molecule has 0 aliphatic heterocycles. The summed E-state index contributed by atoms with van der Waals surface area (Å²) in [5.41, 5.74) is 1.10. The fraction of sp³-hybridized carbons (Fsp3) is 0.200. The number of fused-ring (bicyclic) bond motifs is 1. The van der Waals surface area contributed by atoms with Crippen molar-refractivity contribution >= 4 is 33.3 Å². The van der Waals surface area contributed by atoms with Crippen molar-refractivity contribution in [3.05, 3.63) is 41.6 Å². The highest BCUT2D eigenvalue weighted by atomic mass is 32.1. The molecule has 21 heavy (non-hydrogen) atoms. The maximum absolute atomic E-state index is 12.3. The van der Waals surface area contributed by atoms with Crippen molar-refractivity contribution in [2.75, 3.05) is 5.32 Å². The third-order valence-electron chi connectivity index (χ3n) is 2.81. The molecular formula is C15H14N2O3S. The predicted molar refractivity (Wildman–Crippen MR) is 82.0 cm³/mol. The molecule has 2 heterocycles.